The molecule has 3 aliphatic heterocycles. The van der Waals surface area contributed by atoms with E-state index in [0.29, 0.717) is 28.7 Å². The van der Waals surface area contributed by atoms with Crippen LogP contribution < -0.4 is 5.32 Å². The molecule has 1 unspecified atom stereocenters. The second-order valence-corrected chi connectivity index (χ2v) is 10.9. The van der Waals surface area contributed by atoms with Crippen LogP contribution in [0.3, 0.4) is 0 Å². The van der Waals surface area contributed by atoms with Crippen molar-refractivity contribution in [3.05, 3.63) is 71.5 Å². The molecule has 0 spiro atoms. The van der Waals surface area contributed by atoms with Crippen LogP contribution in [-0.2, 0) is 14.3 Å². The third-order valence-corrected chi connectivity index (χ3v) is 6.98. The second kappa shape index (κ2) is 10.4. The summed E-state index contributed by atoms with van der Waals surface area (Å²) in [5, 5.41) is 2.59. The second-order valence-electron chi connectivity index (χ2n) is 10.9. The maximum atomic E-state index is 13.5. The van der Waals surface area contributed by atoms with E-state index in [4.69, 9.17) is 9.47 Å². The van der Waals surface area contributed by atoms with Crippen LogP contribution in [0, 0.1) is 11.7 Å². The van der Waals surface area contributed by atoms with Crippen molar-refractivity contribution in [2.75, 3.05) is 26.2 Å². The number of rotatable bonds is 7. The van der Waals surface area contributed by atoms with Gasteiger partial charge in [-0.05, 0) is 38.5 Å². The highest BCUT2D eigenvalue weighted by Crippen LogP contribution is 2.36. The van der Waals surface area contributed by atoms with Gasteiger partial charge >= 0.3 is 12.1 Å². The van der Waals surface area contributed by atoms with E-state index in [1.54, 1.807) is 20.8 Å². The van der Waals surface area contributed by atoms with Gasteiger partial charge in [-0.1, -0.05) is 42.5 Å². The Hall–Kier alpha value is -3.26. The first-order valence-corrected chi connectivity index (χ1v) is 12.4. The first-order valence-electron chi connectivity index (χ1n) is 12.4. The highest BCUT2D eigenvalue weighted by atomic mass is 19.1. The van der Waals surface area contributed by atoms with Gasteiger partial charge in [-0.2, -0.15) is 0 Å². The highest BCUT2D eigenvalue weighted by molar-refractivity contribution is 5.97. The Morgan fingerprint density at radius 3 is 2.28 bits per heavy atom. The predicted molar refractivity (Wildman–Crippen MR) is 132 cm³/mol. The zero-order valence-electron chi connectivity index (χ0n) is 21.0. The fourth-order valence-electron chi connectivity index (χ4n) is 5.17. The molecule has 8 heteroatoms. The minimum atomic E-state index is -1.14. The van der Waals surface area contributed by atoms with Crippen LogP contribution in [0.15, 0.2) is 54.6 Å². The monoisotopic (exact) mass is 497 g/mol. The zero-order valence-corrected chi connectivity index (χ0v) is 21.0. The number of alkyl carbamates (subject to hydrolysis) is 1. The normalized spacial score (nSPS) is 24.0. The lowest BCUT2D eigenvalue weighted by Gasteiger charge is -2.51. The van der Waals surface area contributed by atoms with Crippen LogP contribution in [0.5, 0.6) is 0 Å². The number of benzene rings is 2. The maximum Gasteiger partial charge on any atom is 0.408 e. The summed E-state index contributed by atoms with van der Waals surface area (Å²) in [6, 6.07) is 13.5. The van der Waals surface area contributed by atoms with Gasteiger partial charge in [0.2, 0.25) is 5.78 Å². The van der Waals surface area contributed by atoms with E-state index in [0.717, 1.165) is 25.9 Å². The molecule has 5 rings (SSSR count). The van der Waals surface area contributed by atoms with Gasteiger partial charge in [0.25, 0.3) is 0 Å². The minimum Gasteiger partial charge on any atom is -0.454 e. The molecule has 0 radical (unpaired) electrons. The Morgan fingerprint density at radius 2 is 1.67 bits per heavy atom. The van der Waals surface area contributed by atoms with E-state index in [1.807, 2.05) is 30.3 Å². The van der Waals surface area contributed by atoms with Crippen molar-refractivity contribution >= 4 is 17.8 Å². The van der Waals surface area contributed by atoms with Gasteiger partial charge in [0.1, 0.15) is 24.5 Å². The molecule has 7 nitrogen and oxygen atoms in total. The van der Waals surface area contributed by atoms with Crippen LogP contribution >= 0.6 is 0 Å². The summed E-state index contributed by atoms with van der Waals surface area (Å²) in [4.78, 5) is 38.8. The molecule has 2 bridgehead atoms. The Balaban J connectivity index is 1.48. The molecule has 3 aliphatic rings. The largest absolute Gasteiger partial charge is 0.454 e. The molecule has 2 aromatic rings. The molecule has 0 saturated carbocycles. The lowest BCUT2D eigenvalue weighted by Crippen LogP contribution is -2.66. The van der Waals surface area contributed by atoms with Crippen LogP contribution in [0.4, 0.5) is 9.18 Å². The molecule has 36 heavy (non-hydrogen) atoms. The molecule has 2 atom stereocenters. The summed E-state index contributed by atoms with van der Waals surface area (Å²) in [6.07, 6.45) is 0.591. The zero-order chi connectivity index (χ0) is 25.9. The number of fused-ring (bicyclic) bond motifs is 3. The lowest BCUT2D eigenvalue weighted by molar-refractivity contribution is -0.938. The Kier molecular flexibility index (Phi) is 7.45. The van der Waals surface area contributed by atoms with Crippen molar-refractivity contribution in [3.8, 4) is 0 Å². The van der Waals surface area contributed by atoms with Gasteiger partial charge in [-0.25, -0.2) is 14.0 Å². The van der Waals surface area contributed by atoms with Crippen molar-refractivity contribution in [1.29, 1.82) is 0 Å². The number of ketones is 1. The number of nitrogens with one attached hydrogen (secondary N) is 1. The van der Waals surface area contributed by atoms with Crippen molar-refractivity contribution in [1.82, 2.24) is 5.32 Å². The van der Waals surface area contributed by atoms with E-state index in [9.17, 15) is 18.8 Å². The fourth-order valence-corrected chi connectivity index (χ4v) is 5.17. The van der Waals surface area contributed by atoms with Crippen molar-refractivity contribution in [2.45, 2.75) is 51.4 Å². The number of halogens is 1. The number of hydrogen-bond donors (Lipinski definition) is 1. The van der Waals surface area contributed by atoms with E-state index in [-0.39, 0.29) is 17.8 Å². The summed E-state index contributed by atoms with van der Waals surface area (Å²) >= 11 is 0. The minimum absolute atomic E-state index is 0.0804. The summed E-state index contributed by atoms with van der Waals surface area (Å²) in [6.45, 7) is 7.84. The number of quaternary nitrogens is 1. The number of hydrogen-bond acceptors (Lipinski definition) is 5. The van der Waals surface area contributed by atoms with Gasteiger partial charge in [-0.3, -0.25) is 4.79 Å². The first-order chi connectivity index (χ1) is 17.0. The smallest absolute Gasteiger partial charge is 0.408 e. The Bertz CT molecular complexity index is 1090. The number of piperidine rings is 3. The number of nitrogens with zero attached hydrogens (tertiary/aromatic N) is 1. The number of carbonyl (C=O) groups is 3. The quantitative estimate of drug-likeness (QED) is 0.348. The topological polar surface area (TPSA) is 81.7 Å². The summed E-state index contributed by atoms with van der Waals surface area (Å²) in [7, 11) is 0. The van der Waals surface area contributed by atoms with Crippen molar-refractivity contribution in [3.63, 3.8) is 0 Å². The SMILES string of the molecule is CC(C)(C)OC(=O)NC(C(=O)O[C@H]1C[N+]2(CC(=O)c3ccccc3)CCC1CC2)c1ccc(F)cc1. The fraction of sp³-hybridized carbons (Fsp3) is 0.464. The number of Topliss-reactive ketones (excluding diaryl/α,β-unsaturated/α-hetero) is 1. The first kappa shape index (κ1) is 25.8. The molecule has 1 N–H and O–H groups in total. The van der Waals surface area contributed by atoms with Gasteiger partial charge < -0.3 is 19.3 Å². The van der Waals surface area contributed by atoms with E-state index in [1.165, 1.54) is 24.3 Å². The molecule has 3 heterocycles. The van der Waals surface area contributed by atoms with Crippen LogP contribution in [0.1, 0.15) is 55.6 Å². The highest BCUT2D eigenvalue weighted by Gasteiger charge is 2.49. The molecule has 0 aromatic heterocycles. The third kappa shape index (κ3) is 6.29. The van der Waals surface area contributed by atoms with E-state index in [2.05, 4.69) is 5.32 Å². The van der Waals surface area contributed by atoms with Crippen LogP contribution in [0.2, 0.25) is 0 Å². The third-order valence-electron chi connectivity index (χ3n) is 6.98. The molecular weight excluding hydrogens is 463 g/mol. The maximum absolute atomic E-state index is 13.5. The summed E-state index contributed by atoms with van der Waals surface area (Å²) in [5.74, 6) is -0.790. The van der Waals surface area contributed by atoms with Crippen LogP contribution in [0.25, 0.3) is 0 Å². The predicted octanol–water partition coefficient (Wildman–Crippen LogP) is 4.43. The van der Waals surface area contributed by atoms with Gasteiger partial charge in [0.15, 0.2) is 12.1 Å². The molecular formula is C28H34FN2O5+. The van der Waals surface area contributed by atoms with Gasteiger partial charge in [0.05, 0.1) is 13.1 Å². The summed E-state index contributed by atoms with van der Waals surface area (Å²) in [5.41, 5.74) is 0.333. The van der Waals surface area contributed by atoms with E-state index >= 15 is 0 Å². The number of esters is 1. The molecule has 2 aromatic carbocycles. The van der Waals surface area contributed by atoms with Crippen molar-refractivity contribution < 1.29 is 32.7 Å². The Morgan fingerprint density at radius 1 is 1.03 bits per heavy atom. The van der Waals surface area contributed by atoms with Crippen LogP contribution in [-0.4, -0.2) is 60.2 Å². The average molecular weight is 498 g/mol. The van der Waals surface area contributed by atoms with Gasteiger partial charge in [-0.15, -0.1) is 0 Å². The Labute approximate surface area is 211 Å². The number of amides is 1. The lowest BCUT2D eigenvalue weighted by atomic mass is 9.82. The van der Waals surface area contributed by atoms with Crippen molar-refractivity contribution in [2.24, 2.45) is 5.92 Å². The summed E-state index contributed by atoms with van der Waals surface area (Å²) < 4.78 is 25.4. The molecule has 3 saturated heterocycles. The number of carbonyl (C=O) groups excluding carboxylic acids is 3. The van der Waals surface area contributed by atoms with E-state index < -0.39 is 29.5 Å². The molecule has 192 valence electrons. The number of ether oxygens (including phenoxy) is 2. The molecule has 3 fully saturated rings. The molecule has 1 amide bonds. The standard InChI is InChI=1S/C28H33FN2O5/c1-28(2,3)36-27(34)30-25(21-9-11-22(29)12-10-21)26(33)35-24-18-31(15-13-20(24)14-16-31)17-23(32)19-7-5-4-6-8-19/h4-12,20,24-25H,13-18H2,1-3H3/p+1/t20?,24-,25?,31?/m0/s1. The van der Waals surface area contributed by atoms with Gasteiger partial charge in [0, 0.05) is 24.3 Å². The molecule has 0 aliphatic carbocycles. The average Bonchev–Trinajstić information content (AvgIpc) is 2.83.